The number of esters is 1. The van der Waals surface area contributed by atoms with E-state index in [2.05, 4.69) is 20.4 Å². The van der Waals surface area contributed by atoms with Gasteiger partial charge in [0.2, 0.25) is 0 Å². The van der Waals surface area contributed by atoms with E-state index in [9.17, 15) is 9.59 Å². The third-order valence-electron chi connectivity index (χ3n) is 1.97. The highest BCUT2D eigenvalue weighted by Gasteiger charge is 2.16. The molecule has 1 rings (SSSR count). The predicted molar refractivity (Wildman–Crippen MR) is 75.7 cm³/mol. The summed E-state index contributed by atoms with van der Waals surface area (Å²) >= 11 is 1.35. The average Bonchev–Trinajstić information content (AvgIpc) is 2.79. The Morgan fingerprint density at radius 1 is 1.40 bits per heavy atom. The number of thiazole rings is 1. The smallest absolute Gasteiger partial charge is 0.407 e. The van der Waals surface area contributed by atoms with E-state index in [-0.39, 0.29) is 12.5 Å². The Labute approximate surface area is 121 Å². The van der Waals surface area contributed by atoms with Crippen molar-refractivity contribution in [2.45, 2.75) is 32.9 Å². The first-order valence-electron chi connectivity index (χ1n) is 6.02. The van der Waals surface area contributed by atoms with E-state index in [0.29, 0.717) is 11.7 Å². The van der Waals surface area contributed by atoms with E-state index in [4.69, 9.17) is 4.74 Å². The number of nitrogens with zero attached hydrogens (tertiary/aromatic N) is 1. The number of hydrogen-bond donors (Lipinski definition) is 2. The number of carbonyl (C=O) groups is 2. The van der Waals surface area contributed by atoms with E-state index >= 15 is 0 Å². The molecule has 1 heterocycles. The van der Waals surface area contributed by atoms with Gasteiger partial charge in [0.15, 0.2) is 5.13 Å². The average molecular weight is 301 g/mol. The Morgan fingerprint density at radius 2 is 2.10 bits per heavy atom. The van der Waals surface area contributed by atoms with Crippen LogP contribution in [0.25, 0.3) is 0 Å². The van der Waals surface area contributed by atoms with Gasteiger partial charge in [-0.1, -0.05) is 0 Å². The molecular weight excluding hydrogens is 282 g/mol. The van der Waals surface area contributed by atoms with Gasteiger partial charge in [0, 0.05) is 11.1 Å². The molecule has 112 valence electrons. The van der Waals surface area contributed by atoms with Gasteiger partial charge in [-0.2, -0.15) is 0 Å². The van der Waals surface area contributed by atoms with Gasteiger partial charge >= 0.3 is 12.1 Å². The van der Waals surface area contributed by atoms with Crippen LogP contribution in [0.2, 0.25) is 0 Å². The van der Waals surface area contributed by atoms with Gasteiger partial charge in [-0.3, -0.25) is 4.79 Å². The number of methoxy groups -OCH3 is 1. The molecule has 0 spiro atoms. The maximum Gasteiger partial charge on any atom is 0.407 e. The minimum Gasteiger partial charge on any atom is -0.468 e. The quantitative estimate of drug-likeness (QED) is 0.805. The minimum absolute atomic E-state index is 0.0585. The zero-order chi connectivity index (χ0) is 15.2. The van der Waals surface area contributed by atoms with Crippen LogP contribution in [0, 0.1) is 0 Å². The van der Waals surface area contributed by atoms with Crippen LogP contribution in [0.5, 0.6) is 0 Å². The van der Waals surface area contributed by atoms with Crippen LogP contribution >= 0.6 is 11.3 Å². The summed E-state index contributed by atoms with van der Waals surface area (Å²) in [6.07, 6.45) is 1.15. The SMILES string of the molecule is COC(=O)CNc1ncc(CNC(=O)OC(C)(C)C)s1. The zero-order valence-electron chi connectivity index (χ0n) is 12.0. The molecule has 0 saturated heterocycles. The first kappa shape index (κ1) is 16.2. The number of ether oxygens (including phenoxy) is 2. The summed E-state index contributed by atoms with van der Waals surface area (Å²) in [5.74, 6) is -0.367. The standard InChI is InChI=1S/C12H19N3O4S/c1-12(2,3)19-11(17)15-6-8-5-13-10(20-8)14-7-9(16)18-4/h5H,6-7H2,1-4H3,(H,13,14)(H,15,17). The summed E-state index contributed by atoms with van der Waals surface area (Å²) in [6, 6.07) is 0. The van der Waals surface area contributed by atoms with Crippen molar-refractivity contribution >= 4 is 28.5 Å². The van der Waals surface area contributed by atoms with E-state index in [0.717, 1.165) is 4.88 Å². The highest BCUT2D eigenvalue weighted by molar-refractivity contribution is 7.15. The van der Waals surface area contributed by atoms with Gasteiger partial charge in [0.1, 0.15) is 12.1 Å². The number of alkyl carbamates (subject to hydrolysis) is 1. The van der Waals surface area contributed by atoms with Gasteiger partial charge in [-0.15, -0.1) is 11.3 Å². The number of hydrogen-bond acceptors (Lipinski definition) is 7. The minimum atomic E-state index is -0.523. The van der Waals surface area contributed by atoms with Crippen molar-refractivity contribution in [3.05, 3.63) is 11.1 Å². The van der Waals surface area contributed by atoms with Crippen LogP contribution in [0.15, 0.2) is 6.20 Å². The molecule has 0 aliphatic heterocycles. The number of rotatable bonds is 5. The lowest BCUT2D eigenvalue weighted by Gasteiger charge is -2.19. The van der Waals surface area contributed by atoms with E-state index < -0.39 is 11.7 Å². The van der Waals surface area contributed by atoms with Gasteiger partial charge in [0.05, 0.1) is 13.7 Å². The maximum atomic E-state index is 11.5. The van der Waals surface area contributed by atoms with E-state index in [1.807, 2.05) is 0 Å². The van der Waals surface area contributed by atoms with Gasteiger partial charge in [-0.05, 0) is 20.8 Å². The molecule has 0 unspecified atom stereocenters. The summed E-state index contributed by atoms with van der Waals surface area (Å²) in [6.45, 7) is 5.78. The van der Waals surface area contributed by atoms with Crippen molar-refractivity contribution in [2.24, 2.45) is 0 Å². The van der Waals surface area contributed by atoms with Crippen molar-refractivity contribution in [3.8, 4) is 0 Å². The van der Waals surface area contributed by atoms with Crippen LogP contribution in [-0.2, 0) is 20.8 Å². The molecule has 1 aromatic heterocycles. The highest BCUT2D eigenvalue weighted by atomic mass is 32.1. The fraction of sp³-hybridized carbons (Fsp3) is 0.583. The number of aromatic nitrogens is 1. The molecule has 0 aromatic carbocycles. The molecule has 0 radical (unpaired) electrons. The molecule has 20 heavy (non-hydrogen) atoms. The van der Waals surface area contributed by atoms with E-state index in [1.165, 1.54) is 18.4 Å². The van der Waals surface area contributed by atoms with Crippen molar-refractivity contribution in [3.63, 3.8) is 0 Å². The lowest BCUT2D eigenvalue weighted by molar-refractivity contribution is -0.138. The second kappa shape index (κ2) is 7.09. The lowest BCUT2D eigenvalue weighted by atomic mass is 10.2. The Kier molecular flexibility index (Phi) is 5.75. The largest absolute Gasteiger partial charge is 0.468 e. The Balaban J connectivity index is 2.37. The topological polar surface area (TPSA) is 89.5 Å². The number of nitrogens with one attached hydrogen (secondary N) is 2. The summed E-state index contributed by atoms with van der Waals surface area (Å²) < 4.78 is 9.62. The van der Waals surface area contributed by atoms with Crippen LogP contribution in [0.4, 0.5) is 9.93 Å². The summed E-state index contributed by atoms with van der Waals surface area (Å²) in [5, 5.41) is 6.06. The Hall–Kier alpha value is -1.83. The monoisotopic (exact) mass is 301 g/mol. The number of anilines is 1. The van der Waals surface area contributed by atoms with Crippen LogP contribution < -0.4 is 10.6 Å². The fourth-order valence-electron chi connectivity index (χ4n) is 1.16. The summed E-state index contributed by atoms with van der Waals surface area (Å²) in [5.41, 5.74) is -0.523. The molecule has 0 aliphatic rings. The molecule has 0 bridgehead atoms. The van der Waals surface area contributed by atoms with Crippen molar-refractivity contribution in [2.75, 3.05) is 19.0 Å². The Bertz CT molecular complexity index is 468. The molecule has 2 N–H and O–H groups in total. The summed E-state index contributed by atoms with van der Waals surface area (Å²) in [4.78, 5) is 27.4. The molecule has 0 atom stereocenters. The number of amides is 1. The van der Waals surface area contributed by atoms with Gasteiger partial charge < -0.3 is 20.1 Å². The summed E-state index contributed by atoms with van der Waals surface area (Å²) in [7, 11) is 1.32. The van der Waals surface area contributed by atoms with Crippen molar-refractivity contribution in [1.82, 2.24) is 10.3 Å². The van der Waals surface area contributed by atoms with Crippen LogP contribution in [0.1, 0.15) is 25.6 Å². The predicted octanol–water partition coefficient (Wildman–Crippen LogP) is 1.75. The molecular formula is C12H19N3O4S. The fourth-order valence-corrected chi connectivity index (χ4v) is 1.91. The van der Waals surface area contributed by atoms with Gasteiger partial charge in [0.25, 0.3) is 0 Å². The van der Waals surface area contributed by atoms with Crippen LogP contribution in [0.3, 0.4) is 0 Å². The second-order valence-electron chi connectivity index (χ2n) is 4.92. The molecule has 0 fully saturated rings. The maximum absolute atomic E-state index is 11.5. The Morgan fingerprint density at radius 3 is 2.70 bits per heavy atom. The molecule has 8 heteroatoms. The third kappa shape index (κ3) is 6.37. The molecule has 0 saturated carbocycles. The molecule has 1 amide bonds. The van der Waals surface area contributed by atoms with Crippen molar-refractivity contribution < 1.29 is 19.1 Å². The third-order valence-corrected chi connectivity index (χ3v) is 2.93. The molecule has 1 aromatic rings. The highest BCUT2D eigenvalue weighted by Crippen LogP contribution is 2.17. The first-order valence-corrected chi connectivity index (χ1v) is 6.84. The molecule has 0 aliphatic carbocycles. The first-order chi connectivity index (χ1) is 9.30. The second-order valence-corrected chi connectivity index (χ2v) is 6.03. The zero-order valence-corrected chi connectivity index (χ0v) is 12.8. The van der Waals surface area contributed by atoms with Crippen molar-refractivity contribution in [1.29, 1.82) is 0 Å². The van der Waals surface area contributed by atoms with Gasteiger partial charge in [-0.25, -0.2) is 9.78 Å². The molecule has 7 nitrogen and oxygen atoms in total. The van der Waals surface area contributed by atoms with E-state index in [1.54, 1.807) is 27.0 Å². The van der Waals surface area contributed by atoms with Crippen LogP contribution in [-0.4, -0.2) is 36.3 Å². The number of carbonyl (C=O) groups excluding carboxylic acids is 2. The lowest BCUT2D eigenvalue weighted by Crippen LogP contribution is -2.31. The normalized spacial score (nSPS) is 10.8.